The molecule has 1 aliphatic heterocycles. The first-order chi connectivity index (χ1) is 10.2. The zero-order chi connectivity index (χ0) is 14.8. The third-order valence-corrected chi connectivity index (χ3v) is 5.64. The van der Waals surface area contributed by atoms with Crippen molar-refractivity contribution in [1.29, 1.82) is 0 Å². The second-order valence-electron chi connectivity index (χ2n) is 6.33. The number of hydrogen-bond donors (Lipinski definition) is 1. The third kappa shape index (κ3) is 3.51. The molecular formula is C16H27BrN4. The highest BCUT2D eigenvalue weighted by molar-refractivity contribution is 9.10. The van der Waals surface area contributed by atoms with E-state index in [-0.39, 0.29) is 0 Å². The molecule has 1 atom stereocenters. The van der Waals surface area contributed by atoms with Crippen molar-refractivity contribution in [3.8, 4) is 0 Å². The van der Waals surface area contributed by atoms with Crippen LogP contribution in [0.25, 0.3) is 0 Å². The van der Waals surface area contributed by atoms with Crippen molar-refractivity contribution in [1.82, 2.24) is 20.0 Å². The van der Waals surface area contributed by atoms with Crippen LogP contribution in [-0.4, -0.2) is 39.9 Å². The Balaban J connectivity index is 1.74. The SMILES string of the molecule is CCc1nn(CC)c(CN(CC2CCCN2)C2CC2)c1Br. The quantitative estimate of drug-likeness (QED) is 0.816. The molecule has 1 N–H and O–H groups in total. The van der Waals surface area contributed by atoms with E-state index in [9.17, 15) is 0 Å². The van der Waals surface area contributed by atoms with Gasteiger partial charge in [0, 0.05) is 31.7 Å². The van der Waals surface area contributed by atoms with Gasteiger partial charge in [0.2, 0.25) is 0 Å². The lowest BCUT2D eigenvalue weighted by Crippen LogP contribution is -2.38. The molecule has 1 aliphatic carbocycles. The molecular weight excluding hydrogens is 328 g/mol. The Labute approximate surface area is 136 Å². The smallest absolute Gasteiger partial charge is 0.0767 e. The maximum absolute atomic E-state index is 4.74. The lowest BCUT2D eigenvalue weighted by atomic mass is 10.2. The molecule has 1 aromatic heterocycles. The Bertz CT molecular complexity index is 475. The van der Waals surface area contributed by atoms with Crippen LogP contribution in [0.3, 0.4) is 0 Å². The zero-order valence-corrected chi connectivity index (χ0v) is 14.8. The molecule has 1 aromatic rings. The standard InChI is InChI=1S/C16H27BrN4/c1-3-14-16(17)15(21(4-2)19-14)11-20(13-7-8-13)10-12-6-5-9-18-12/h12-13,18H,3-11H2,1-2H3. The van der Waals surface area contributed by atoms with Crippen LogP contribution in [0.5, 0.6) is 0 Å². The van der Waals surface area contributed by atoms with E-state index in [0.717, 1.165) is 25.6 Å². The first kappa shape index (κ1) is 15.5. The molecule has 0 spiro atoms. The molecule has 0 radical (unpaired) electrons. The van der Waals surface area contributed by atoms with Crippen LogP contribution < -0.4 is 5.32 Å². The molecule has 4 nitrogen and oxygen atoms in total. The molecule has 1 saturated heterocycles. The summed E-state index contributed by atoms with van der Waals surface area (Å²) < 4.78 is 3.41. The molecule has 5 heteroatoms. The van der Waals surface area contributed by atoms with Gasteiger partial charge in [-0.2, -0.15) is 5.10 Å². The van der Waals surface area contributed by atoms with Crippen LogP contribution >= 0.6 is 15.9 Å². The van der Waals surface area contributed by atoms with Crippen molar-refractivity contribution >= 4 is 15.9 Å². The highest BCUT2D eigenvalue weighted by atomic mass is 79.9. The maximum Gasteiger partial charge on any atom is 0.0767 e. The van der Waals surface area contributed by atoms with Gasteiger partial charge in [0.15, 0.2) is 0 Å². The van der Waals surface area contributed by atoms with Gasteiger partial charge in [-0.15, -0.1) is 0 Å². The van der Waals surface area contributed by atoms with E-state index >= 15 is 0 Å². The summed E-state index contributed by atoms with van der Waals surface area (Å²) in [6, 6.07) is 1.48. The van der Waals surface area contributed by atoms with E-state index < -0.39 is 0 Å². The van der Waals surface area contributed by atoms with Crippen molar-refractivity contribution in [2.45, 2.75) is 71.1 Å². The Morgan fingerprint density at radius 2 is 2.14 bits per heavy atom. The number of aromatic nitrogens is 2. The van der Waals surface area contributed by atoms with Crippen LogP contribution in [-0.2, 0) is 19.5 Å². The Hall–Kier alpha value is -0.390. The first-order valence-corrected chi connectivity index (χ1v) is 9.23. The zero-order valence-electron chi connectivity index (χ0n) is 13.2. The largest absolute Gasteiger partial charge is 0.313 e. The molecule has 0 aromatic carbocycles. The van der Waals surface area contributed by atoms with Crippen LogP contribution in [0.2, 0.25) is 0 Å². The van der Waals surface area contributed by atoms with Crippen LogP contribution in [0.4, 0.5) is 0 Å². The summed E-state index contributed by atoms with van der Waals surface area (Å²) in [5.41, 5.74) is 2.56. The van der Waals surface area contributed by atoms with E-state index in [1.807, 2.05) is 0 Å². The number of nitrogens with one attached hydrogen (secondary N) is 1. The molecule has 0 bridgehead atoms. The van der Waals surface area contributed by atoms with E-state index in [1.54, 1.807) is 0 Å². The van der Waals surface area contributed by atoms with E-state index in [4.69, 9.17) is 5.10 Å². The van der Waals surface area contributed by atoms with Gasteiger partial charge in [-0.1, -0.05) is 6.92 Å². The number of aryl methyl sites for hydroxylation is 2. The number of nitrogens with zero attached hydrogens (tertiary/aromatic N) is 3. The fourth-order valence-electron chi connectivity index (χ4n) is 3.34. The minimum absolute atomic E-state index is 0.688. The summed E-state index contributed by atoms with van der Waals surface area (Å²) in [4.78, 5) is 2.68. The highest BCUT2D eigenvalue weighted by Crippen LogP contribution is 2.31. The summed E-state index contributed by atoms with van der Waals surface area (Å²) in [6.45, 7) is 8.73. The van der Waals surface area contributed by atoms with Gasteiger partial charge >= 0.3 is 0 Å². The molecule has 2 fully saturated rings. The fourth-order valence-corrected chi connectivity index (χ4v) is 4.03. The highest BCUT2D eigenvalue weighted by Gasteiger charge is 2.32. The summed E-state index contributed by atoms with van der Waals surface area (Å²) in [5.74, 6) is 0. The molecule has 118 valence electrons. The average Bonchev–Trinajstić information content (AvgIpc) is 3.13. The molecule has 3 rings (SSSR count). The molecule has 21 heavy (non-hydrogen) atoms. The van der Waals surface area contributed by atoms with Crippen LogP contribution in [0.1, 0.15) is 50.9 Å². The van der Waals surface area contributed by atoms with Crippen LogP contribution in [0.15, 0.2) is 4.47 Å². The van der Waals surface area contributed by atoms with Crippen molar-refractivity contribution in [2.75, 3.05) is 13.1 Å². The van der Waals surface area contributed by atoms with Crippen molar-refractivity contribution in [2.24, 2.45) is 0 Å². The van der Waals surface area contributed by atoms with Crippen molar-refractivity contribution < 1.29 is 0 Å². The minimum Gasteiger partial charge on any atom is -0.313 e. The maximum atomic E-state index is 4.74. The summed E-state index contributed by atoms with van der Waals surface area (Å²) in [5, 5.41) is 8.38. The monoisotopic (exact) mass is 354 g/mol. The normalized spacial score (nSPS) is 22.4. The van der Waals surface area contributed by atoms with E-state index in [1.165, 1.54) is 54.6 Å². The second kappa shape index (κ2) is 6.80. The molecule has 0 amide bonds. The Morgan fingerprint density at radius 1 is 1.33 bits per heavy atom. The molecule has 2 heterocycles. The van der Waals surface area contributed by atoms with E-state index in [0.29, 0.717) is 6.04 Å². The predicted octanol–water partition coefficient (Wildman–Crippen LogP) is 2.94. The van der Waals surface area contributed by atoms with Crippen molar-refractivity contribution in [3.05, 3.63) is 15.9 Å². The lowest BCUT2D eigenvalue weighted by molar-refractivity contribution is 0.224. The van der Waals surface area contributed by atoms with Crippen molar-refractivity contribution in [3.63, 3.8) is 0 Å². The molecule has 1 saturated carbocycles. The molecule has 1 unspecified atom stereocenters. The van der Waals surface area contributed by atoms with Gasteiger partial charge in [0.05, 0.1) is 15.9 Å². The second-order valence-corrected chi connectivity index (χ2v) is 7.12. The third-order valence-electron chi connectivity index (χ3n) is 4.73. The number of rotatable bonds is 7. The van der Waals surface area contributed by atoms with E-state index in [2.05, 4.69) is 44.7 Å². The lowest BCUT2D eigenvalue weighted by Gasteiger charge is -2.26. The average molecular weight is 355 g/mol. The summed E-state index contributed by atoms with van der Waals surface area (Å²) >= 11 is 3.79. The Morgan fingerprint density at radius 3 is 2.71 bits per heavy atom. The van der Waals surface area contributed by atoms with Gasteiger partial charge in [0.1, 0.15) is 0 Å². The number of halogens is 1. The first-order valence-electron chi connectivity index (χ1n) is 8.44. The van der Waals surface area contributed by atoms with Crippen LogP contribution in [0, 0.1) is 0 Å². The van der Waals surface area contributed by atoms with Gasteiger partial charge in [-0.05, 0) is 61.5 Å². The molecule has 2 aliphatic rings. The fraction of sp³-hybridized carbons (Fsp3) is 0.812. The number of hydrogen-bond acceptors (Lipinski definition) is 3. The minimum atomic E-state index is 0.688. The van der Waals surface area contributed by atoms with Gasteiger partial charge < -0.3 is 5.32 Å². The van der Waals surface area contributed by atoms with Gasteiger partial charge in [-0.3, -0.25) is 9.58 Å². The van der Waals surface area contributed by atoms with Gasteiger partial charge in [-0.25, -0.2) is 0 Å². The summed E-state index contributed by atoms with van der Waals surface area (Å²) in [7, 11) is 0. The Kier molecular flexibility index (Phi) is 5.02. The predicted molar refractivity (Wildman–Crippen MR) is 89.4 cm³/mol. The van der Waals surface area contributed by atoms with Gasteiger partial charge in [0.25, 0.3) is 0 Å². The topological polar surface area (TPSA) is 33.1 Å². The summed E-state index contributed by atoms with van der Waals surface area (Å²) in [6.07, 6.45) is 6.39.